The van der Waals surface area contributed by atoms with E-state index in [4.69, 9.17) is 5.14 Å². The first-order valence-corrected chi connectivity index (χ1v) is 10.9. The summed E-state index contributed by atoms with van der Waals surface area (Å²) >= 11 is 1.38. The van der Waals surface area contributed by atoms with Crippen molar-refractivity contribution in [3.8, 4) is 28.2 Å². The lowest BCUT2D eigenvalue weighted by Crippen LogP contribution is -2.14. The number of nitrogens with two attached hydrogens (primary N) is 1. The van der Waals surface area contributed by atoms with Gasteiger partial charge in [0.05, 0.1) is 23.1 Å². The van der Waals surface area contributed by atoms with Gasteiger partial charge in [0.2, 0.25) is 5.69 Å². The van der Waals surface area contributed by atoms with Gasteiger partial charge in [0.15, 0.2) is 10.8 Å². The maximum absolute atomic E-state index is 14.9. The van der Waals surface area contributed by atoms with E-state index in [2.05, 4.69) is 15.1 Å². The van der Waals surface area contributed by atoms with Crippen LogP contribution in [0.4, 0.5) is 17.6 Å². The second kappa shape index (κ2) is 8.58. The van der Waals surface area contributed by atoms with Gasteiger partial charge in [-0.05, 0) is 12.1 Å². The molecule has 7 nitrogen and oxygen atoms in total. The van der Waals surface area contributed by atoms with E-state index in [1.165, 1.54) is 23.5 Å². The molecular formula is C18H12ClF4N5O2S2. The van der Waals surface area contributed by atoms with E-state index in [0.29, 0.717) is 11.3 Å². The predicted octanol–water partition coefficient (Wildman–Crippen LogP) is 4.28. The van der Waals surface area contributed by atoms with Crippen molar-refractivity contribution >= 4 is 33.8 Å². The molecule has 2 N–H and O–H groups in total. The number of primary sulfonamides is 1. The zero-order valence-electron chi connectivity index (χ0n) is 15.6. The minimum Gasteiger partial charge on any atom is -0.245 e. The molecule has 3 heterocycles. The van der Waals surface area contributed by atoms with E-state index in [-0.39, 0.29) is 23.7 Å². The molecule has 0 spiro atoms. The predicted molar refractivity (Wildman–Crippen MR) is 111 cm³/mol. The molecule has 32 heavy (non-hydrogen) atoms. The molecule has 0 aliphatic carbocycles. The van der Waals surface area contributed by atoms with Gasteiger partial charge in [0.1, 0.15) is 5.69 Å². The van der Waals surface area contributed by atoms with Crippen molar-refractivity contribution in [3.63, 3.8) is 0 Å². The molecule has 4 rings (SSSR count). The first-order chi connectivity index (χ1) is 14.6. The van der Waals surface area contributed by atoms with Crippen molar-refractivity contribution in [1.82, 2.24) is 19.7 Å². The standard InChI is InChI=1S/C18H11F4N5O2S2.ClH/c19-15-16(11-3-1-10(2-4-11)13-8-30-9-25-13)27(26-17(15)18(20,21)22)12-5-6-14(24-7-12)31(23,28)29;/h1-9H,(H2,23,28,29);1H. The topological polar surface area (TPSA) is 104 Å². The number of pyridine rings is 1. The van der Waals surface area contributed by atoms with Crippen LogP contribution in [-0.2, 0) is 16.2 Å². The Labute approximate surface area is 189 Å². The van der Waals surface area contributed by atoms with Crippen LogP contribution >= 0.6 is 23.7 Å². The molecule has 0 bridgehead atoms. The van der Waals surface area contributed by atoms with Gasteiger partial charge >= 0.3 is 6.18 Å². The van der Waals surface area contributed by atoms with Crippen molar-refractivity contribution in [2.75, 3.05) is 0 Å². The summed E-state index contributed by atoms with van der Waals surface area (Å²) in [4.78, 5) is 7.77. The Morgan fingerprint density at radius 3 is 2.16 bits per heavy atom. The SMILES string of the molecule is Cl.NS(=O)(=O)c1ccc(-n2nc(C(F)(F)F)c(F)c2-c2ccc(-c3cscn3)cc2)cn1. The molecule has 0 aliphatic rings. The number of sulfonamides is 1. The van der Waals surface area contributed by atoms with Crippen molar-refractivity contribution in [2.24, 2.45) is 5.14 Å². The van der Waals surface area contributed by atoms with E-state index in [1.54, 1.807) is 23.0 Å². The maximum atomic E-state index is 14.9. The summed E-state index contributed by atoms with van der Waals surface area (Å²) in [7, 11) is -4.12. The molecule has 3 aromatic heterocycles. The summed E-state index contributed by atoms with van der Waals surface area (Å²) in [5, 5.41) is 9.66. The van der Waals surface area contributed by atoms with E-state index >= 15 is 0 Å². The van der Waals surface area contributed by atoms with Crippen LogP contribution in [0.3, 0.4) is 0 Å². The number of hydrogen-bond donors (Lipinski definition) is 1. The summed E-state index contributed by atoms with van der Waals surface area (Å²) in [5.74, 6) is -1.57. The first kappa shape index (κ1) is 23.8. The van der Waals surface area contributed by atoms with Crippen LogP contribution in [0.1, 0.15) is 5.69 Å². The van der Waals surface area contributed by atoms with Gasteiger partial charge in [0.25, 0.3) is 10.0 Å². The second-order valence-corrected chi connectivity index (χ2v) is 8.50. The smallest absolute Gasteiger partial charge is 0.245 e. The summed E-state index contributed by atoms with van der Waals surface area (Å²) in [5.41, 5.74) is 0.876. The van der Waals surface area contributed by atoms with Gasteiger partial charge in [-0.25, -0.2) is 32.6 Å². The van der Waals surface area contributed by atoms with E-state index < -0.39 is 38.4 Å². The lowest BCUT2D eigenvalue weighted by atomic mass is 10.1. The average molecular weight is 506 g/mol. The highest BCUT2D eigenvalue weighted by Crippen LogP contribution is 2.37. The monoisotopic (exact) mass is 505 g/mol. The number of hydrogen-bond acceptors (Lipinski definition) is 6. The number of aromatic nitrogens is 4. The number of benzene rings is 1. The van der Waals surface area contributed by atoms with Crippen molar-refractivity contribution < 1.29 is 26.0 Å². The fraction of sp³-hybridized carbons (Fsp3) is 0.0556. The van der Waals surface area contributed by atoms with Gasteiger partial charge in [-0.15, -0.1) is 23.7 Å². The van der Waals surface area contributed by atoms with Crippen LogP contribution in [-0.4, -0.2) is 28.2 Å². The Bertz CT molecular complexity index is 1340. The fourth-order valence-electron chi connectivity index (χ4n) is 2.84. The number of nitrogens with zero attached hydrogens (tertiary/aromatic N) is 4. The average Bonchev–Trinajstić information content (AvgIpc) is 3.35. The van der Waals surface area contributed by atoms with Gasteiger partial charge < -0.3 is 0 Å². The Balaban J connectivity index is 0.00000289. The van der Waals surface area contributed by atoms with Gasteiger partial charge in [-0.1, -0.05) is 24.3 Å². The maximum Gasteiger partial charge on any atom is 0.438 e. The summed E-state index contributed by atoms with van der Waals surface area (Å²) in [6.07, 6.45) is -4.10. The minimum atomic E-state index is -5.04. The van der Waals surface area contributed by atoms with Crippen molar-refractivity contribution in [2.45, 2.75) is 11.2 Å². The summed E-state index contributed by atoms with van der Waals surface area (Å²) in [6.45, 7) is 0. The molecular weight excluding hydrogens is 494 g/mol. The number of thiazole rings is 1. The van der Waals surface area contributed by atoms with Gasteiger partial charge in [-0.3, -0.25) is 0 Å². The first-order valence-electron chi connectivity index (χ1n) is 8.39. The Hall–Kier alpha value is -2.87. The molecule has 14 heteroatoms. The Morgan fingerprint density at radius 1 is 1.00 bits per heavy atom. The Morgan fingerprint density at radius 2 is 1.66 bits per heavy atom. The number of alkyl halides is 3. The lowest BCUT2D eigenvalue weighted by Gasteiger charge is -2.08. The number of rotatable bonds is 4. The summed E-state index contributed by atoms with van der Waals surface area (Å²) < 4.78 is 78.2. The molecule has 0 unspecified atom stereocenters. The zero-order chi connectivity index (χ0) is 22.4. The molecule has 4 aromatic rings. The molecule has 0 saturated heterocycles. The molecule has 0 atom stereocenters. The highest BCUT2D eigenvalue weighted by atomic mass is 35.5. The second-order valence-electron chi connectivity index (χ2n) is 6.27. The van der Waals surface area contributed by atoms with E-state index in [1.807, 2.05) is 0 Å². The van der Waals surface area contributed by atoms with Crippen molar-refractivity contribution in [1.29, 1.82) is 0 Å². The molecule has 0 radical (unpaired) electrons. The summed E-state index contributed by atoms with van der Waals surface area (Å²) in [6, 6.07) is 8.20. The third kappa shape index (κ3) is 4.50. The molecule has 0 amide bonds. The quantitative estimate of drug-likeness (QED) is 0.417. The highest BCUT2D eigenvalue weighted by Gasteiger charge is 2.40. The Kier molecular flexibility index (Phi) is 6.38. The minimum absolute atomic E-state index is 0. The fourth-order valence-corrected chi connectivity index (χ4v) is 3.85. The highest BCUT2D eigenvalue weighted by molar-refractivity contribution is 7.89. The van der Waals surface area contributed by atoms with Gasteiger partial charge in [-0.2, -0.15) is 18.3 Å². The normalized spacial score (nSPS) is 11.9. The molecule has 1 aromatic carbocycles. The molecule has 0 saturated carbocycles. The van der Waals surface area contributed by atoms with Crippen LogP contribution in [0.25, 0.3) is 28.2 Å². The van der Waals surface area contributed by atoms with Crippen LogP contribution in [0.2, 0.25) is 0 Å². The van der Waals surface area contributed by atoms with Crippen LogP contribution in [0, 0.1) is 5.82 Å². The van der Waals surface area contributed by atoms with Crippen LogP contribution in [0.5, 0.6) is 0 Å². The van der Waals surface area contributed by atoms with Crippen molar-refractivity contribution in [3.05, 3.63) is 65.0 Å². The number of halogens is 5. The lowest BCUT2D eigenvalue weighted by molar-refractivity contribution is -0.143. The van der Waals surface area contributed by atoms with Crippen LogP contribution < -0.4 is 5.14 Å². The third-order valence-electron chi connectivity index (χ3n) is 4.24. The zero-order valence-corrected chi connectivity index (χ0v) is 18.1. The molecule has 168 valence electrons. The largest absolute Gasteiger partial charge is 0.438 e. The third-order valence-corrected chi connectivity index (χ3v) is 5.65. The molecule has 0 aliphatic heterocycles. The van der Waals surface area contributed by atoms with Gasteiger partial charge in [0, 0.05) is 16.5 Å². The van der Waals surface area contributed by atoms with E-state index in [0.717, 1.165) is 23.0 Å². The van der Waals surface area contributed by atoms with E-state index in [9.17, 15) is 26.0 Å². The molecule has 0 fully saturated rings. The van der Waals surface area contributed by atoms with Crippen LogP contribution in [0.15, 0.2) is 58.5 Å².